The number of aromatic nitrogens is 3. The molecule has 0 fully saturated rings. The second-order valence-corrected chi connectivity index (χ2v) is 3.72. The van der Waals surface area contributed by atoms with E-state index in [1.807, 2.05) is 13.8 Å². The Balaban J connectivity index is 2.63. The third-order valence-electron chi connectivity index (χ3n) is 2.17. The number of nitrogens with zero attached hydrogens (tertiary/aromatic N) is 3. The van der Waals surface area contributed by atoms with Crippen LogP contribution in [0.25, 0.3) is 0 Å². The highest BCUT2D eigenvalue weighted by Gasteiger charge is 2.04. The van der Waals surface area contributed by atoms with Gasteiger partial charge in [0, 0.05) is 26.2 Å². The molecule has 0 aliphatic heterocycles. The molecule has 102 valence electrons. The van der Waals surface area contributed by atoms with Crippen molar-refractivity contribution in [1.29, 1.82) is 0 Å². The number of nitrogens with one attached hydrogen (secondary N) is 3. The smallest absolute Gasteiger partial charge is 0.229 e. The van der Waals surface area contributed by atoms with Crippen molar-refractivity contribution in [3.63, 3.8) is 0 Å². The Morgan fingerprint density at radius 2 is 1.33 bits per heavy atom. The Morgan fingerprint density at radius 1 is 0.833 bits per heavy atom. The first-order valence-corrected chi connectivity index (χ1v) is 6.38. The monoisotopic (exact) mass is 254 g/mol. The normalized spacial score (nSPS) is 10.2. The van der Waals surface area contributed by atoms with E-state index in [9.17, 15) is 0 Å². The molecule has 1 aromatic heterocycles. The minimum Gasteiger partial charge on any atom is -0.396 e. The first-order chi connectivity index (χ1) is 8.80. The molecule has 0 aliphatic carbocycles. The second-order valence-electron chi connectivity index (χ2n) is 3.72. The number of rotatable bonds is 9. The minimum atomic E-state index is 0.212. The molecule has 18 heavy (non-hydrogen) atoms. The lowest BCUT2D eigenvalue weighted by molar-refractivity contribution is 0.286. The number of aliphatic hydroxyl groups excluding tert-OH is 1. The maximum absolute atomic E-state index is 8.70. The standard InChI is InChI=1S/C11H22N6O/c1-3-12-9-15-10(13-4-2)17-11(16-9)14-7-5-6-8-18/h18H,3-8H2,1-2H3,(H3,12,13,14,15,16,17). The number of hydrogen-bond acceptors (Lipinski definition) is 7. The van der Waals surface area contributed by atoms with E-state index in [2.05, 4.69) is 30.9 Å². The molecule has 0 bridgehead atoms. The Kier molecular flexibility index (Phi) is 6.78. The van der Waals surface area contributed by atoms with E-state index in [1.54, 1.807) is 0 Å². The summed E-state index contributed by atoms with van der Waals surface area (Å²) in [7, 11) is 0. The van der Waals surface area contributed by atoms with Crippen LogP contribution < -0.4 is 16.0 Å². The van der Waals surface area contributed by atoms with Crippen LogP contribution in [-0.4, -0.2) is 46.3 Å². The summed E-state index contributed by atoms with van der Waals surface area (Å²) in [5.41, 5.74) is 0. The van der Waals surface area contributed by atoms with Crippen molar-refractivity contribution in [3.8, 4) is 0 Å². The molecular weight excluding hydrogens is 232 g/mol. The average Bonchev–Trinajstić information content (AvgIpc) is 2.35. The van der Waals surface area contributed by atoms with Crippen molar-refractivity contribution in [3.05, 3.63) is 0 Å². The molecule has 0 radical (unpaired) electrons. The predicted molar refractivity (Wildman–Crippen MR) is 73.0 cm³/mol. The van der Waals surface area contributed by atoms with Crippen molar-refractivity contribution >= 4 is 17.8 Å². The lowest BCUT2D eigenvalue weighted by Gasteiger charge is -2.09. The van der Waals surface area contributed by atoms with Gasteiger partial charge in [-0.25, -0.2) is 0 Å². The van der Waals surface area contributed by atoms with Gasteiger partial charge in [-0.3, -0.25) is 0 Å². The molecule has 1 aromatic rings. The molecule has 0 aliphatic rings. The minimum absolute atomic E-state index is 0.212. The highest BCUT2D eigenvalue weighted by molar-refractivity contribution is 5.41. The van der Waals surface area contributed by atoms with Crippen molar-refractivity contribution < 1.29 is 5.11 Å². The summed E-state index contributed by atoms with van der Waals surface area (Å²) >= 11 is 0. The Morgan fingerprint density at radius 3 is 1.78 bits per heavy atom. The molecule has 1 heterocycles. The Hall–Kier alpha value is -1.63. The summed E-state index contributed by atoms with van der Waals surface area (Å²) in [5, 5.41) is 18.0. The third-order valence-corrected chi connectivity index (χ3v) is 2.17. The zero-order chi connectivity index (χ0) is 13.2. The largest absolute Gasteiger partial charge is 0.396 e. The molecule has 0 spiro atoms. The van der Waals surface area contributed by atoms with Crippen LogP contribution in [0.2, 0.25) is 0 Å². The van der Waals surface area contributed by atoms with E-state index in [4.69, 9.17) is 5.11 Å². The van der Waals surface area contributed by atoms with Gasteiger partial charge in [0.1, 0.15) is 0 Å². The van der Waals surface area contributed by atoms with Crippen LogP contribution in [0.15, 0.2) is 0 Å². The van der Waals surface area contributed by atoms with E-state index >= 15 is 0 Å². The molecule has 0 saturated heterocycles. The zero-order valence-corrected chi connectivity index (χ0v) is 11.0. The first-order valence-electron chi connectivity index (χ1n) is 6.38. The highest BCUT2D eigenvalue weighted by atomic mass is 16.2. The summed E-state index contributed by atoms with van der Waals surface area (Å²) in [5.74, 6) is 1.68. The molecule has 0 amide bonds. The van der Waals surface area contributed by atoms with Crippen LogP contribution in [0.4, 0.5) is 17.8 Å². The summed E-state index contributed by atoms with van der Waals surface area (Å²) in [6, 6.07) is 0. The quantitative estimate of drug-likeness (QED) is 0.487. The van der Waals surface area contributed by atoms with Crippen LogP contribution in [0.5, 0.6) is 0 Å². The fourth-order valence-electron chi connectivity index (χ4n) is 1.37. The van der Waals surface area contributed by atoms with Crippen molar-refractivity contribution in [2.75, 3.05) is 42.2 Å². The third kappa shape index (κ3) is 5.13. The molecule has 0 atom stereocenters. The van der Waals surface area contributed by atoms with E-state index in [0.717, 1.165) is 32.5 Å². The number of unbranched alkanes of at least 4 members (excludes halogenated alkanes) is 1. The van der Waals surface area contributed by atoms with E-state index < -0.39 is 0 Å². The number of hydrogen-bond donors (Lipinski definition) is 4. The summed E-state index contributed by atoms with van der Waals surface area (Å²) in [4.78, 5) is 12.7. The van der Waals surface area contributed by atoms with Gasteiger partial charge < -0.3 is 21.1 Å². The van der Waals surface area contributed by atoms with Gasteiger partial charge in [0.05, 0.1) is 0 Å². The maximum Gasteiger partial charge on any atom is 0.229 e. The lowest BCUT2D eigenvalue weighted by Crippen LogP contribution is -2.13. The number of anilines is 3. The fourth-order valence-corrected chi connectivity index (χ4v) is 1.37. The van der Waals surface area contributed by atoms with Crippen LogP contribution in [0.1, 0.15) is 26.7 Å². The van der Waals surface area contributed by atoms with Crippen LogP contribution in [-0.2, 0) is 0 Å². The fraction of sp³-hybridized carbons (Fsp3) is 0.727. The average molecular weight is 254 g/mol. The van der Waals surface area contributed by atoms with E-state index in [-0.39, 0.29) is 6.61 Å². The van der Waals surface area contributed by atoms with Crippen LogP contribution in [0.3, 0.4) is 0 Å². The van der Waals surface area contributed by atoms with Crippen LogP contribution in [0, 0.1) is 0 Å². The second kappa shape index (κ2) is 8.46. The molecule has 0 unspecified atom stereocenters. The molecule has 1 rings (SSSR count). The van der Waals surface area contributed by atoms with Gasteiger partial charge in [0.25, 0.3) is 0 Å². The van der Waals surface area contributed by atoms with E-state index in [0.29, 0.717) is 17.8 Å². The van der Waals surface area contributed by atoms with Crippen molar-refractivity contribution in [2.24, 2.45) is 0 Å². The molecule has 0 saturated carbocycles. The van der Waals surface area contributed by atoms with E-state index in [1.165, 1.54) is 0 Å². The van der Waals surface area contributed by atoms with Gasteiger partial charge in [0.15, 0.2) is 0 Å². The van der Waals surface area contributed by atoms with Gasteiger partial charge in [-0.2, -0.15) is 15.0 Å². The molecule has 7 nitrogen and oxygen atoms in total. The molecule has 4 N–H and O–H groups in total. The zero-order valence-electron chi connectivity index (χ0n) is 11.0. The lowest BCUT2D eigenvalue weighted by atomic mass is 10.3. The summed E-state index contributed by atoms with van der Waals surface area (Å²) in [6.07, 6.45) is 1.66. The maximum atomic E-state index is 8.70. The first kappa shape index (κ1) is 14.4. The SMILES string of the molecule is CCNc1nc(NCC)nc(NCCCCO)n1. The molecule has 0 aromatic carbocycles. The van der Waals surface area contributed by atoms with Crippen LogP contribution >= 0.6 is 0 Å². The number of aliphatic hydroxyl groups is 1. The van der Waals surface area contributed by atoms with Gasteiger partial charge in [-0.05, 0) is 26.7 Å². The van der Waals surface area contributed by atoms with Gasteiger partial charge >= 0.3 is 0 Å². The topological polar surface area (TPSA) is 95.0 Å². The molecular formula is C11H22N6O. The highest BCUT2D eigenvalue weighted by Crippen LogP contribution is 2.09. The Bertz CT molecular complexity index is 322. The van der Waals surface area contributed by atoms with Gasteiger partial charge in [-0.15, -0.1) is 0 Å². The van der Waals surface area contributed by atoms with Gasteiger partial charge in [0.2, 0.25) is 17.8 Å². The van der Waals surface area contributed by atoms with Gasteiger partial charge in [-0.1, -0.05) is 0 Å². The van der Waals surface area contributed by atoms with Crippen molar-refractivity contribution in [1.82, 2.24) is 15.0 Å². The summed E-state index contributed by atoms with van der Waals surface area (Å²) < 4.78 is 0. The summed E-state index contributed by atoms with van der Waals surface area (Å²) in [6.45, 7) is 6.46. The predicted octanol–water partition coefficient (Wildman–Crippen LogP) is 0.920. The Labute approximate surface area is 107 Å². The molecule has 7 heteroatoms. The van der Waals surface area contributed by atoms with Crippen molar-refractivity contribution in [2.45, 2.75) is 26.7 Å².